The molecule has 2 aromatic rings. The first kappa shape index (κ1) is 15.9. The number of amides is 1. The molecule has 2 heterocycles. The third kappa shape index (κ3) is 3.35. The maximum absolute atomic E-state index is 12.7. The van der Waals surface area contributed by atoms with Crippen LogP contribution in [0.1, 0.15) is 23.2 Å². The number of hydrogen-bond donors (Lipinski definition) is 2. The van der Waals surface area contributed by atoms with Crippen molar-refractivity contribution in [3.63, 3.8) is 0 Å². The Balaban J connectivity index is 1.89. The molecule has 1 atom stereocenters. The van der Waals surface area contributed by atoms with Gasteiger partial charge in [0.15, 0.2) is 4.77 Å². The topological polar surface area (TPSA) is 78.2 Å². The van der Waals surface area contributed by atoms with E-state index in [9.17, 15) is 9.59 Å². The number of aromatic amines is 2. The standard InChI is InChI=1S/C16H19N3O3S/c1-22-9-10-3-2-6-19(8-10)15(21)11-4-5-12-13(7-11)17-16(23)18-14(12)20/h4-5,7,10H,2-3,6,8-9H2,1H3,(H2,17,18,20,23)/t10-/m0/s1. The minimum atomic E-state index is -0.249. The Kier molecular flexibility index (Phi) is 4.58. The van der Waals surface area contributed by atoms with Gasteiger partial charge in [-0.3, -0.25) is 14.6 Å². The van der Waals surface area contributed by atoms with Gasteiger partial charge in [-0.25, -0.2) is 0 Å². The lowest BCUT2D eigenvalue weighted by Gasteiger charge is -2.32. The summed E-state index contributed by atoms with van der Waals surface area (Å²) in [5.74, 6) is 0.360. The van der Waals surface area contributed by atoms with Crippen LogP contribution in [0.2, 0.25) is 0 Å². The molecule has 1 amide bonds. The monoisotopic (exact) mass is 333 g/mol. The summed E-state index contributed by atoms with van der Waals surface area (Å²) in [4.78, 5) is 31.9. The van der Waals surface area contributed by atoms with Gasteiger partial charge in [-0.05, 0) is 49.2 Å². The lowest BCUT2D eigenvalue weighted by atomic mass is 9.98. The van der Waals surface area contributed by atoms with Gasteiger partial charge in [0.05, 0.1) is 17.5 Å². The van der Waals surface area contributed by atoms with Crippen LogP contribution in [0.25, 0.3) is 10.9 Å². The molecule has 1 aromatic heterocycles. The molecule has 1 aromatic carbocycles. The highest BCUT2D eigenvalue weighted by molar-refractivity contribution is 7.71. The molecule has 0 unspecified atom stereocenters. The predicted molar refractivity (Wildman–Crippen MR) is 90.3 cm³/mol. The van der Waals surface area contributed by atoms with Gasteiger partial charge in [-0.15, -0.1) is 0 Å². The molecule has 122 valence electrons. The van der Waals surface area contributed by atoms with Crippen LogP contribution in [0.15, 0.2) is 23.0 Å². The summed E-state index contributed by atoms with van der Waals surface area (Å²) in [5.41, 5.74) is 0.891. The number of benzene rings is 1. The quantitative estimate of drug-likeness (QED) is 0.843. The van der Waals surface area contributed by atoms with E-state index >= 15 is 0 Å². The van der Waals surface area contributed by atoms with Gasteiger partial charge in [-0.1, -0.05) is 0 Å². The zero-order valence-electron chi connectivity index (χ0n) is 12.9. The maximum atomic E-state index is 12.7. The number of fused-ring (bicyclic) bond motifs is 1. The number of methoxy groups -OCH3 is 1. The fourth-order valence-electron chi connectivity index (χ4n) is 3.11. The van der Waals surface area contributed by atoms with Crippen LogP contribution in [0.4, 0.5) is 0 Å². The van der Waals surface area contributed by atoms with Gasteiger partial charge < -0.3 is 14.6 Å². The highest BCUT2D eigenvalue weighted by atomic mass is 32.1. The van der Waals surface area contributed by atoms with E-state index in [0.717, 1.165) is 19.4 Å². The van der Waals surface area contributed by atoms with E-state index < -0.39 is 0 Å². The Morgan fingerprint density at radius 1 is 1.43 bits per heavy atom. The van der Waals surface area contributed by atoms with Crippen LogP contribution in [0.5, 0.6) is 0 Å². The second kappa shape index (κ2) is 6.64. The van der Waals surface area contributed by atoms with E-state index in [2.05, 4.69) is 9.97 Å². The normalized spacial score (nSPS) is 18.3. The zero-order chi connectivity index (χ0) is 16.4. The van der Waals surface area contributed by atoms with E-state index in [1.807, 2.05) is 4.90 Å². The number of nitrogens with one attached hydrogen (secondary N) is 2. The Morgan fingerprint density at radius 2 is 2.26 bits per heavy atom. The Hall–Kier alpha value is -1.99. The van der Waals surface area contributed by atoms with Crippen molar-refractivity contribution >= 4 is 29.0 Å². The first-order valence-corrected chi connectivity index (χ1v) is 8.04. The highest BCUT2D eigenvalue weighted by Crippen LogP contribution is 2.20. The minimum absolute atomic E-state index is 0.0210. The van der Waals surface area contributed by atoms with Crippen molar-refractivity contribution in [3.05, 3.63) is 38.9 Å². The summed E-state index contributed by atoms with van der Waals surface area (Å²) >= 11 is 4.99. The SMILES string of the molecule is COC[C@H]1CCCN(C(=O)c2ccc3c(=O)[nH]c(=S)[nH]c3c2)C1. The predicted octanol–water partition coefficient (Wildman–Crippen LogP) is 2.08. The summed E-state index contributed by atoms with van der Waals surface area (Å²) in [6.07, 6.45) is 2.06. The van der Waals surface area contributed by atoms with Crippen LogP contribution >= 0.6 is 12.2 Å². The molecule has 2 N–H and O–H groups in total. The van der Waals surface area contributed by atoms with Gasteiger partial charge in [-0.2, -0.15) is 0 Å². The van der Waals surface area contributed by atoms with E-state index in [1.54, 1.807) is 25.3 Å². The van der Waals surface area contributed by atoms with Crippen LogP contribution in [-0.4, -0.2) is 47.6 Å². The van der Waals surface area contributed by atoms with Crippen molar-refractivity contribution in [2.75, 3.05) is 26.8 Å². The second-order valence-corrected chi connectivity index (χ2v) is 6.29. The number of H-pyrrole nitrogens is 2. The Labute approximate surface area is 138 Å². The third-order valence-electron chi connectivity index (χ3n) is 4.19. The molecule has 0 spiro atoms. The summed E-state index contributed by atoms with van der Waals surface area (Å²) in [7, 11) is 1.68. The van der Waals surface area contributed by atoms with E-state index in [1.165, 1.54) is 0 Å². The summed E-state index contributed by atoms with van der Waals surface area (Å²) < 4.78 is 5.46. The third-order valence-corrected chi connectivity index (χ3v) is 4.40. The number of ether oxygens (including phenoxy) is 1. The number of likely N-dealkylation sites (tertiary alicyclic amines) is 1. The number of carbonyl (C=O) groups excluding carboxylic acids is 1. The van der Waals surface area contributed by atoms with Crippen molar-refractivity contribution in [3.8, 4) is 0 Å². The molecular formula is C16H19N3O3S. The Bertz CT molecular complexity index is 840. The van der Waals surface area contributed by atoms with Crippen LogP contribution in [-0.2, 0) is 4.74 Å². The highest BCUT2D eigenvalue weighted by Gasteiger charge is 2.24. The second-order valence-electron chi connectivity index (χ2n) is 5.88. The number of piperidine rings is 1. The zero-order valence-corrected chi connectivity index (χ0v) is 13.7. The van der Waals surface area contributed by atoms with Gasteiger partial charge in [0.1, 0.15) is 0 Å². The molecule has 1 saturated heterocycles. The van der Waals surface area contributed by atoms with Gasteiger partial charge in [0.25, 0.3) is 11.5 Å². The number of nitrogens with zero attached hydrogens (tertiary/aromatic N) is 1. The van der Waals surface area contributed by atoms with E-state index in [-0.39, 0.29) is 16.2 Å². The number of carbonyl (C=O) groups is 1. The fraction of sp³-hybridized carbons (Fsp3) is 0.438. The minimum Gasteiger partial charge on any atom is -0.384 e. The molecule has 0 aliphatic carbocycles. The molecule has 0 bridgehead atoms. The van der Waals surface area contributed by atoms with Crippen molar-refractivity contribution in [2.24, 2.45) is 5.92 Å². The van der Waals surface area contributed by atoms with Crippen LogP contribution in [0.3, 0.4) is 0 Å². The molecule has 23 heavy (non-hydrogen) atoms. The maximum Gasteiger partial charge on any atom is 0.259 e. The van der Waals surface area contributed by atoms with Gasteiger partial charge >= 0.3 is 0 Å². The first-order chi connectivity index (χ1) is 11.1. The first-order valence-electron chi connectivity index (χ1n) is 7.63. The lowest BCUT2D eigenvalue weighted by Crippen LogP contribution is -2.41. The smallest absolute Gasteiger partial charge is 0.259 e. The van der Waals surface area contributed by atoms with Crippen molar-refractivity contribution in [1.29, 1.82) is 0 Å². The van der Waals surface area contributed by atoms with Crippen LogP contribution < -0.4 is 5.56 Å². The number of rotatable bonds is 3. The molecule has 0 radical (unpaired) electrons. The summed E-state index contributed by atoms with van der Waals surface area (Å²) in [5, 5.41) is 0.492. The molecule has 1 aliphatic heterocycles. The number of aromatic nitrogens is 2. The van der Waals surface area contributed by atoms with Gasteiger partial charge in [0.2, 0.25) is 0 Å². The van der Waals surface area contributed by atoms with E-state index in [0.29, 0.717) is 35.5 Å². The number of hydrogen-bond acceptors (Lipinski definition) is 4. The van der Waals surface area contributed by atoms with Crippen LogP contribution in [0, 0.1) is 10.7 Å². The molecule has 0 saturated carbocycles. The average molecular weight is 333 g/mol. The van der Waals surface area contributed by atoms with Crippen molar-refractivity contribution < 1.29 is 9.53 Å². The summed E-state index contributed by atoms with van der Waals surface area (Å²) in [6, 6.07) is 5.04. The van der Waals surface area contributed by atoms with E-state index in [4.69, 9.17) is 17.0 Å². The van der Waals surface area contributed by atoms with Crippen molar-refractivity contribution in [2.45, 2.75) is 12.8 Å². The molecule has 1 aliphatic rings. The molecule has 7 heteroatoms. The van der Waals surface area contributed by atoms with Crippen molar-refractivity contribution in [1.82, 2.24) is 14.9 Å². The fourth-order valence-corrected chi connectivity index (χ4v) is 3.31. The average Bonchev–Trinajstić information content (AvgIpc) is 2.54. The summed E-state index contributed by atoms with van der Waals surface area (Å²) in [6.45, 7) is 2.13. The Morgan fingerprint density at radius 3 is 3.04 bits per heavy atom. The molecular weight excluding hydrogens is 314 g/mol. The molecule has 1 fully saturated rings. The molecule has 3 rings (SSSR count). The molecule has 6 nitrogen and oxygen atoms in total. The lowest BCUT2D eigenvalue weighted by molar-refractivity contribution is 0.0571. The largest absolute Gasteiger partial charge is 0.384 e. The van der Waals surface area contributed by atoms with Gasteiger partial charge in [0, 0.05) is 25.8 Å².